The molecule has 8 heteroatoms. The summed E-state index contributed by atoms with van der Waals surface area (Å²) in [4.78, 5) is 27.4. The average molecular weight is 356 g/mol. The molecule has 4 rings (SSSR count). The number of carbonyl (C=O) groups is 1. The Bertz CT molecular complexity index is 943. The number of carboxylic acids is 1. The first-order chi connectivity index (χ1) is 12.1. The number of carboxylic acid groups (broad SMARTS) is 1. The monoisotopic (exact) mass is 356 g/mol. The molecule has 3 aromatic rings. The molecule has 0 spiro atoms. The molecule has 1 atom stereocenters. The number of aliphatic carboxylic acids is 1. The summed E-state index contributed by atoms with van der Waals surface area (Å²) in [6, 6.07) is 4.19. The lowest BCUT2D eigenvalue weighted by atomic mass is 10.1. The van der Waals surface area contributed by atoms with E-state index in [0.29, 0.717) is 11.8 Å². The molecule has 1 saturated heterocycles. The molecule has 0 aromatic carbocycles. The maximum atomic E-state index is 10.7. The van der Waals surface area contributed by atoms with Gasteiger partial charge < -0.3 is 14.7 Å². The predicted molar refractivity (Wildman–Crippen MR) is 95.2 cm³/mol. The Morgan fingerprint density at radius 2 is 2.32 bits per heavy atom. The number of anilines is 1. The molecule has 0 bridgehead atoms. The summed E-state index contributed by atoms with van der Waals surface area (Å²) in [6.45, 7) is 2.71. The molecule has 1 N–H and O–H groups in total. The van der Waals surface area contributed by atoms with Gasteiger partial charge in [0.1, 0.15) is 10.6 Å². The molecule has 7 nitrogen and oxygen atoms in total. The van der Waals surface area contributed by atoms with E-state index in [-0.39, 0.29) is 0 Å². The Balaban J connectivity index is 1.76. The van der Waals surface area contributed by atoms with Gasteiger partial charge in [0.2, 0.25) is 5.95 Å². The van der Waals surface area contributed by atoms with Gasteiger partial charge >= 0.3 is 5.97 Å². The van der Waals surface area contributed by atoms with Crippen molar-refractivity contribution in [2.24, 2.45) is 0 Å². The van der Waals surface area contributed by atoms with E-state index < -0.39 is 12.6 Å². The van der Waals surface area contributed by atoms with Crippen molar-refractivity contribution in [3.05, 3.63) is 29.9 Å². The van der Waals surface area contributed by atoms with E-state index in [1.54, 1.807) is 23.6 Å². The zero-order valence-corrected chi connectivity index (χ0v) is 14.4. The van der Waals surface area contributed by atoms with E-state index >= 15 is 0 Å². The van der Waals surface area contributed by atoms with Crippen molar-refractivity contribution in [1.29, 1.82) is 0 Å². The Hall–Kier alpha value is -2.74. The number of hydrogen-bond donors (Lipinski definition) is 1. The predicted octanol–water partition coefficient (Wildman–Crippen LogP) is 2.82. The molecule has 1 fully saturated rings. The maximum absolute atomic E-state index is 10.7. The number of thiophene rings is 1. The first-order valence-corrected chi connectivity index (χ1v) is 8.81. The lowest BCUT2D eigenvalue weighted by Gasteiger charge is -2.38. The van der Waals surface area contributed by atoms with Crippen molar-refractivity contribution < 1.29 is 14.6 Å². The molecule has 0 amide bonds. The van der Waals surface area contributed by atoms with E-state index in [0.717, 1.165) is 40.4 Å². The van der Waals surface area contributed by atoms with E-state index in [9.17, 15) is 4.79 Å². The van der Waals surface area contributed by atoms with Crippen LogP contribution in [0.4, 0.5) is 5.95 Å². The summed E-state index contributed by atoms with van der Waals surface area (Å²) in [5.74, 6) is 0.100. The van der Waals surface area contributed by atoms with Crippen LogP contribution in [0.2, 0.25) is 0 Å². The second-order valence-electron chi connectivity index (χ2n) is 5.93. The Morgan fingerprint density at radius 3 is 3.04 bits per heavy atom. The highest BCUT2D eigenvalue weighted by Gasteiger charge is 2.27. The fourth-order valence-corrected chi connectivity index (χ4v) is 3.54. The van der Waals surface area contributed by atoms with Gasteiger partial charge in [-0.1, -0.05) is 0 Å². The minimum Gasteiger partial charge on any atom is -0.480 e. The van der Waals surface area contributed by atoms with Gasteiger partial charge in [0.05, 0.1) is 11.9 Å². The molecular weight excluding hydrogens is 340 g/mol. The average Bonchev–Trinajstić information content (AvgIpc) is 3.06. The van der Waals surface area contributed by atoms with Gasteiger partial charge in [-0.2, -0.15) is 0 Å². The van der Waals surface area contributed by atoms with E-state index in [2.05, 4.69) is 21.8 Å². The van der Waals surface area contributed by atoms with Crippen molar-refractivity contribution >= 4 is 33.5 Å². The third-order valence-electron chi connectivity index (χ3n) is 4.24. The molecule has 0 saturated carbocycles. The number of hydrogen-bond acceptors (Lipinski definition) is 7. The van der Waals surface area contributed by atoms with Crippen molar-refractivity contribution in [1.82, 2.24) is 15.0 Å². The number of pyridine rings is 1. The fraction of sp³-hybridized carbons (Fsp3) is 0.294. The largest absolute Gasteiger partial charge is 0.480 e. The highest BCUT2D eigenvalue weighted by molar-refractivity contribution is 7.16. The van der Waals surface area contributed by atoms with Gasteiger partial charge in [0, 0.05) is 29.7 Å². The van der Waals surface area contributed by atoms with Gasteiger partial charge in [-0.15, -0.1) is 11.3 Å². The van der Waals surface area contributed by atoms with Crippen LogP contribution < -0.4 is 9.64 Å². The molecule has 1 aliphatic rings. The zero-order chi connectivity index (χ0) is 17.4. The summed E-state index contributed by atoms with van der Waals surface area (Å²) in [5, 5.41) is 11.7. The maximum Gasteiger partial charge on any atom is 0.341 e. The number of aromatic nitrogens is 3. The third kappa shape index (κ3) is 3.00. The molecule has 0 radical (unpaired) electrons. The summed E-state index contributed by atoms with van der Waals surface area (Å²) in [5.41, 5.74) is 1.57. The molecule has 1 aliphatic heterocycles. The highest BCUT2D eigenvalue weighted by Crippen LogP contribution is 2.34. The fourth-order valence-electron chi connectivity index (χ4n) is 2.78. The van der Waals surface area contributed by atoms with Gasteiger partial charge in [-0.05, 0) is 30.9 Å². The number of nitrogens with zero attached hydrogens (tertiary/aromatic N) is 4. The lowest BCUT2D eigenvalue weighted by molar-refractivity contribution is -0.139. The Kier molecular flexibility index (Phi) is 3.96. The number of fused-ring (bicyclic) bond motifs is 1. The summed E-state index contributed by atoms with van der Waals surface area (Å²) in [7, 11) is 0. The standard InChI is InChI=1S/C17H16N4O3S/c1-10-2-4-21(10)17-19-15(13-3-5-25-16(13)20-17)11-6-12(8-18-7-11)24-9-14(22)23/h3,5-8,10H,2,4,9H2,1H3,(H,22,23)/t10-/m0/s1. The summed E-state index contributed by atoms with van der Waals surface area (Å²) >= 11 is 1.57. The summed E-state index contributed by atoms with van der Waals surface area (Å²) < 4.78 is 5.24. The summed E-state index contributed by atoms with van der Waals surface area (Å²) in [6.07, 6.45) is 4.34. The van der Waals surface area contributed by atoms with Crippen LogP contribution in [0.15, 0.2) is 29.9 Å². The van der Waals surface area contributed by atoms with Crippen molar-refractivity contribution in [2.75, 3.05) is 18.1 Å². The zero-order valence-electron chi connectivity index (χ0n) is 13.5. The van der Waals surface area contributed by atoms with Gasteiger partial charge in [-0.3, -0.25) is 4.98 Å². The first kappa shape index (κ1) is 15.8. The number of ether oxygens (including phenoxy) is 1. The normalized spacial score (nSPS) is 16.7. The first-order valence-electron chi connectivity index (χ1n) is 7.94. The smallest absolute Gasteiger partial charge is 0.341 e. The van der Waals surface area contributed by atoms with Crippen LogP contribution in [-0.4, -0.2) is 45.2 Å². The van der Waals surface area contributed by atoms with Gasteiger partial charge in [0.15, 0.2) is 6.61 Å². The minimum absolute atomic E-state index is 0.403. The van der Waals surface area contributed by atoms with Crippen LogP contribution in [0.1, 0.15) is 13.3 Å². The molecule has 0 unspecified atom stereocenters. The third-order valence-corrected chi connectivity index (χ3v) is 5.05. The molecule has 3 aromatic heterocycles. The van der Waals surface area contributed by atoms with Gasteiger partial charge in [0.25, 0.3) is 0 Å². The Morgan fingerprint density at radius 1 is 1.44 bits per heavy atom. The quantitative estimate of drug-likeness (QED) is 0.752. The second kappa shape index (κ2) is 6.29. The van der Waals surface area contributed by atoms with Gasteiger partial charge in [-0.25, -0.2) is 14.8 Å². The molecule has 0 aliphatic carbocycles. The van der Waals surface area contributed by atoms with Crippen molar-refractivity contribution in [3.8, 4) is 17.0 Å². The van der Waals surface area contributed by atoms with Crippen molar-refractivity contribution in [3.63, 3.8) is 0 Å². The molecule has 128 valence electrons. The minimum atomic E-state index is -1.03. The Labute approximate surface area is 147 Å². The van der Waals surface area contributed by atoms with Crippen LogP contribution in [0.3, 0.4) is 0 Å². The number of rotatable bonds is 5. The van der Waals surface area contributed by atoms with E-state index in [1.807, 2.05) is 11.4 Å². The SMILES string of the molecule is C[C@H]1CCN1c1nc(-c2cncc(OCC(=O)O)c2)c2ccsc2n1. The molecular formula is C17H16N4O3S. The van der Waals surface area contributed by atoms with Crippen LogP contribution in [0.5, 0.6) is 5.75 Å². The lowest BCUT2D eigenvalue weighted by Crippen LogP contribution is -2.46. The van der Waals surface area contributed by atoms with E-state index in [4.69, 9.17) is 14.8 Å². The van der Waals surface area contributed by atoms with Crippen LogP contribution in [0, 0.1) is 0 Å². The van der Waals surface area contributed by atoms with Crippen LogP contribution in [-0.2, 0) is 4.79 Å². The highest BCUT2D eigenvalue weighted by atomic mass is 32.1. The van der Waals surface area contributed by atoms with Crippen LogP contribution >= 0.6 is 11.3 Å². The second-order valence-corrected chi connectivity index (χ2v) is 6.83. The topological polar surface area (TPSA) is 88.4 Å². The van der Waals surface area contributed by atoms with Crippen molar-refractivity contribution in [2.45, 2.75) is 19.4 Å². The van der Waals surface area contributed by atoms with Crippen LogP contribution in [0.25, 0.3) is 21.5 Å². The van der Waals surface area contributed by atoms with E-state index in [1.165, 1.54) is 6.20 Å². The molecule has 4 heterocycles. The molecule has 25 heavy (non-hydrogen) atoms.